The molecule has 0 saturated heterocycles. The molecule has 2 aromatic rings. The quantitative estimate of drug-likeness (QED) is 0.915. The van der Waals surface area contributed by atoms with E-state index < -0.39 is 0 Å². The minimum atomic E-state index is 0.232. The minimum Gasteiger partial charge on any atom is -0.353 e. The van der Waals surface area contributed by atoms with Crippen LogP contribution in [0.1, 0.15) is 60.6 Å². The summed E-state index contributed by atoms with van der Waals surface area (Å²) in [5.41, 5.74) is 1.06. The topological polar surface area (TPSA) is 42.7 Å². The van der Waals surface area contributed by atoms with Crippen molar-refractivity contribution in [1.82, 2.24) is 14.5 Å². The molecule has 1 N–H and O–H groups in total. The van der Waals surface area contributed by atoms with Gasteiger partial charge in [-0.25, -0.2) is 9.97 Å². The Balaban J connectivity index is 1.81. The summed E-state index contributed by atoms with van der Waals surface area (Å²) in [5, 5.41) is 4.81. The van der Waals surface area contributed by atoms with Crippen molar-refractivity contribution in [3.8, 4) is 0 Å². The summed E-state index contributed by atoms with van der Waals surface area (Å²) in [6, 6.07) is 0.806. The van der Waals surface area contributed by atoms with Gasteiger partial charge >= 0.3 is 0 Å². The van der Waals surface area contributed by atoms with Crippen molar-refractivity contribution in [2.24, 2.45) is 0 Å². The lowest BCUT2D eigenvalue weighted by Crippen LogP contribution is -2.25. The number of anilines is 1. The van der Waals surface area contributed by atoms with Crippen LogP contribution in [0, 0.1) is 13.8 Å². The molecule has 0 bridgehead atoms. The van der Waals surface area contributed by atoms with E-state index in [1.807, 2.05) is 6.20 Å². The first-order valence-corrected chi connectivity index (χ1v) is 8.69. The van der Waals surface area contributed by atoms with E-state index >= 15 is 0 Å². The van der Waals surface area contributed by atoms with Crippen LogP contribution < -0.4 is 5.32 Å². The fourth-order valence-corrected chi connectivity index (χ4v) is 3.86. The summed E-state index contributed by atoms with van der Waals surface area (Å²) in [6.07, 6.45) is 10.6. The molecule has 1 saturated carbocycles. The number of aryl methyl sites for hydroxylation is 2. The number of rotatable bonds is 4. The number of nitrogens with zero attached hydrogens (tertiary/aromatic N) is 3. The van der Waals surface area contributed by atoms with E-state index in [9.17, 15) is 0 Å². The Morgan fingerprint density at radius 3 is 2.71 bits per heavy atom. The molecular formula is C16H24N4S. The van der Waals surface area contributed by atoms with Crippen LogP contribution in [0.5, 0.6) is 0 Å². The van der Waals surface area contributed by atoms with Gasteiger partial charge in [-0.3, -0.25) is 0 Å². The van der Waals surface area contributed by atoms with Gasteiger partial charge in [-0.05, 0) is 33.6 Å². The van der Waals surface area contributed by atoms with Crippen LogP contribution >= 0.6 is 11.3 Å². The van der Waals surface area contributed by atoms with Gasteiger partial charge in [0.25, 0.3) is 0 Å². The van der Waals surface area contributed by atoms with Crippen molar-refractivity contribution in [2.75, 3.05) is 5.32 Å². The van der Waals surface area contributed by atoms with Crippen LogP contribution in [0.2, 0.25) is 0 Å². The van der Waals surface area contributed by atoms with Crippen molar-refractivity contribution in [3.63, 3.8) is 0 Å². The van der Waals surface area contributed by atoms with Crippen LogP contribution in [-0.2, 0) is 0 Å². The molecule has 5 heteroatoms. The summed E-state index contributed by atoms with van der Waals surface area (Å²) in [5.74, 6) is 1.000. The monoisotopic (exact) mass is 304 g/mol. The lowest BCUT2D eigenvalue weighted by atomic mass is 9.96. The third kappa shape index (κ3) is 3.28. The maximum absolute atomic E-state index is 4.69. The number of thiazole rings is 1. The van der Waals surface area contributed by atoms with Gasteiger partial charge in [-0.15, -0.1) is 11.3 Å². The normalized spacial score (nSPS) is 17.9. The van der Waals surface area contributed by atoms with Gasteiger partial charge in [0.1, 0.15) is 5.01 Å². The molecule has 1 aliphatic carbocycles. The summed E-state index contributed by atoms with van der Waals surface area (Å²) in [4.78, 5) is 10.5. The highest BCUT2D eigenvalue weighted by Crippen LogP contribution is 2.28. The standard InChI is InChI=1S/C16H24N4S/c1-11-10-20(13(3)15-17-9-12(2)21-15)16(18-11)19-14-7-5-4-6-8-14/h9-10,13-14H,4-8H2,1-3H3,(H,18,19). The Morgan fingerprint density at radius 1 is 1.29 bits per heavy atom. The Labute approximate surface area is 130 Å². The molecular weight excluding hydrogens is 280 g/mol. The molecule has 2 heterocycles. The zero-order valence-corrected chi connectivity index (χ0v) is 13.9. The zero-order chi connectivity index (χ0) is 14.8. The lowest BCUT2D eigenvalue weighted by Gasteiger charge is -2.24. The van der Waals surface area contributed by atoms with Crippen LogP contribution in [-0.4, -0.2) is 20.6 Å². The number of hydrogen-bond donors (Lipinski definition) is 1. The fraction of sp³-hybridized carbons (Fsp3) is 0.625. The fourth-order valence-electron chi connectivity index (χ4n) is 3.03. The highest BCUT2D eigenvalue weighted by atomic mass is 32.1. The van der Waals surface area contributed by atoms with Crippen molar-refractivity contribution in [1.29, 1.82) is 0 Å². The molecule has 21 heavy (non-hydrogen) atoms. The van der Waals surface area contributed by atoms with Gasteiger partial charge in [0.2, 0.25) is 5.95 Å². The second-order valence-electron chi connectivity index (χ2n) is 6.08. The molecule has 3 rings (SSSR count). The van der Waals surface area contributed by atoms with Crippen molar-refractivity contribution in [3.05, 3.63) is 28.0 Å². The molecule has 0 amide bonds. The SMILES string of the molecule is Cc1cn(C(C)c2ncc(C)s2)c(NC2CCCCC2)n1. The van der Waals surface area contributed by atoms with Crippen molar-refractivity contribution in [2.45, 2.75) is 65.0 Å². The van der Waals surface area contributed by atoms with Gasteiger partial charge in [-0.1, -0.05) is 19.3 Å². The largest absolute Gasteiger partial charge is 0.353 e. The smallest absolute Gasteiger partial charge is 0.203 e. The first-order chi connectivity index (χ1) is 10.1. The predicted molar refractivity (Wildman–Crippen MR) is 88.1 cm³/mol. The number of hydrogen-bond acceptors (Lipinski definition) is 4. The predicted octanol–water partition coefficient (Wildman–Crippen LogP) is 4.31. The molecule has 2 aromatic heterocycles. The van der Waals surface area contributed by atoms with Gasteiger partial charge in [0.15, 0.2) is 0 Å². The van der Waals surface area contributed by atoms with Crippen molar-refractivity contribution < 1.29 is 0 Å². The highest BCUT2D eigenvalue weighted by molar-refractivity contribution is 7.11. The first kappa shape index (κ1) is 14.6. The Morgan fingerprint density at radius 2 is 2.05 bits per heavy atom. The Bertz CT molecular complexity index is 595. The van der Waals surface area contributed by atoms with E-state index in [0.717, 1.165) is 16.6 Å². The molecule has 0 radical (unpaired) electrons. The molecule has 1 unspecified atom stereocenters. The van der Waals surface area contributed by atoms with E-state index in [1.165, 1.54) is 37.0 Å². The average Bonchev–Trinajstić information content (AvgIpc) is 3.05. The van der Waals surface area contributed by atoms with E-state index in [1.54, 1.807) is 11.3 Å². The van der Waals surface area contributed by atoms with E-state index in [0.29, 0.717) is 6.04 Å². The van der Waals surface area contributed by atoms with Crippen LogP contribution in [0.3, 0.4) is 0 Å². The Hall–Kier alpha value is -1.36. The maximum atomic E-state index is 4.69. The average molecular weight is 304 g/mol. The summed E-state index contributed by atoms with van der Waals surface area (Å²) >= 11 is 1.77. The third-order valence-corrected chi connectivity index (χ3v) is 5.29. The van der Waals surface area contributed by atoms with Crippen molar-refractivity contribution >= 4 is 17.3 Å². The molecule has 4 nitrogen and oxygen atoms in total. The summed E-state index contributed by atoms with van der Waals surface area (Å²) in [6.45, 7) is 6.36. The van der Waals surface area contributed by atoms with E-state index in [-0.39, 0.29) is 6.04 Å². The van der Waals surface area contributed by atoms with Gasteiger partial charge in [0.05, 0.1) is 11.7 Å². The molecule has 1 aliphatic rings. The van der Waals surface area contributed by atoms with Crippen LogP contribution in [0.4, 0.5) is 5.95 Å². The number of aromatic nitrogens is 3. The summed E-state index contributed by atoms with van der Waals surface area (Å²) < 4.78 is 2.24. The second kappa shape index (κ2) is 6.18. The summed E-state index contributed by atoms with van der Waals surface area (Å²) in [7, 11) is 0. The van der Waals surface area contributed by atoms with Gasteiger partial charge < -0.3 is 9.88 Å². The maximum Gasteiger partial charge on any atom is 0.203 e. The van der Waals surface area contributed by atoms with Crippen LogP contribution in [0.15, 0.2) is 12.4 Å². The molecule has 0 aliphatic heterocycles. The number of imidazole rings is 1. The number of nitrogens with one attached hydrogen (secondary N) is 1. The van der Waals surface area contributed by atoms with E-state index in [2.05, 4.69) is 46.8 Å². The molecule has 0 spiro atoms. The lowest BCUT2D eigenvalue weighted by molar-refractivity contribution is 0.458. The minimum absolute atomic E-state index is 0.232. The molecule has 114 valence electrons. The van der Waals surface area contributed by atoms with Gasteiger partial charge in [-0.2, -0.15) is 0 Å². The van der Waals surface area contributed by atoms with Crippen LogP contribution in [0.25, 0.3) is 0 Å². The van der Waals surface area contributed by atoms with E-state index in [4.69, 9.17) is 0 Å². The highest BCUT2D eigenvalue weighted by Gasteiger charge is 2.20. The second-order valence-corrected chi connectivity index (χ2v) is 7.34. The molecule has 1 fully saturated rings. The molecule has 0 aromatic carbocycles. The molecule has 1 atom stereocenters. The first-order valence-electron chi connectivity index (χ1n) is 7.88. The zero-order valence-electron chi connectivity index (χ0n) is 13.1. The Kier molecular flexibility index (Phi) is 4.29. The third-order valence-electron chi connectivity index (χ3n) is 4.20. The van der Waals surface area contributed by atoms with Gasteiger partial charge in [0, 0.05) is 23.3 Å².